The number of aromatic nitrogens is 1. The minimum atomic E-state index is -0.436. The largest absolute Gasteiger partial charge is 0.425 e. The van der Waals surface area contributed by atoms with E-state index in [0.717, 1.165) is 32.5 Å². The molecule has 29 heavy (non-hydrogen) atoms. The van der Waals surface area contributed by atoms with E-state index in [1.807, 2.05) is 36.4 Å². The molecule has 2 aliphatic rings. The van der Waals surface area contributed by atoms with Crippen molar-refractivity contribution in [2.45, 2.75) is 24.9 Å². The molecule has 0 aliphatic carbocycles. The third-order valence-electron chi connectivity index (χ3n) is 5.75. The number of hydrogen-bond donors (Lipinski definition) is 1. The lowest BCUT2D eigenvalue weighted by atomic mass is 9.89. The fraction of sp³-hybridized carbons (Fsp3) is 0.318. The highest BCUT2D eigenvalue weighted by Crippen LogP contribution is 2.28. The molecule has 1 saturated heterocycles. The molecule has 0 bridgehead atoms. The first kappa shape index (κ1) is 18.1. The molecule has 2 aromatic carbocycles. The van der Waals surface area contributed by atoms with E-state index < -0.39 is 5.76 Å². The van der Waals surface area contributed by atoms with Crippen LogP contribution in [0.2, 0.25) is 0 Å². The number of piperidine rings is 1. The van der Waals surface area contributed by atoms with Gasteiger partial charge in [-0.25, -0.2) is 19.2 Å². The van der Waals surface area contributed by atoms with Gasteiger partial charge in [-0.05, 0) is 67.8 Å². The molecule has 0 radical (unpaired) electrons. The van der Waals surface area contributed by atoms with Gasteiger partial charge in [-0.15, -0.1) is 0 Å². The molecule has 3 aromatic rings. The van der Waals surface area contributed by atoms with Gasteiger partial charge < -0.3 is 9.32 Å². The van der Waals surface area contributed by atoms with Crippen LogP contribution in [0.3, 0.4) is 0 Å². The van der Waals surface area contributed by atoms with Gasteiger partial charge in [-0.2, -0.15) is 0 Å². The Morgan fingerprint density at radius 1 is 1.07 bits per heavy atom. The van der Waals surface area contributed by atoms with Crippen molar-refractivity contribution in [2.24, 2.45) is 0 Å². The maximum atomic E-state index is 13.1. The van der Waals surface area contributed by atoms with E-state index in [1.165, 1.54) is 22.3 Å². The smallest absolute Gasteiger partial charge is 0.407 e. The summed E-state index contributed by atoms with van der Waals surface area (Å²) in [6, 6.07) is 14.2. The molecule has 2 aliphatic heterocycles. The predicted octanol–water partition coefficient (Wildman–Crippen LogP) is 3.32. The SMILES string of the molecule is O=c1oc2ccccc2n1C1=CC(CN2CCC(c3ccc(F)cc3)CC2)ON1. The summed E-state index contributed by atoms with van der Waals surface area (Å²) in [5, 5.41) is 0. The Morgan fingerprint density at radius 2 is 1.83 bits per heavy atom. The molecule has 150 valence electrons. The highest BCUT2D eigenvalue weighted by molar-refractivity contribution is 5.76. The molecule has 1 N–H and O–H groups in total. The number of likely N-dealkylation sites (tertiary alicyclic amines) is 1. The standard InChI is InChI=1S/C22H22FN3O3/c23-17-7-5-15(6-8-17)16-9-11-25(12-10-16)14-18-13-21(24-29-18)26-19-3-1-2-4-20(19)28-22(26)27/h1-8,13,16,18,24H,9-12,14H2. The fourth-order valence-electron chi connectivity index (χ4n) is 4.22. The predicted molar refractivity (Wildman–Crippen MR) is 108 cm³/mol. The highest BCUT2D eigenvalue weighted by Gasteiger charge is 2.26. The minimum absolute atomic E-state index is 0.145. The number of fused-ring (bicyclic) bond motifs is 1. The zero-order valence-electron chi connectivity index (χ0n) is 15.9. The number of oxazole rings is 1. The number of hydroxylamine groups is 1. The summed E-state index contributed by atoms with van der Waals surface area (Å²) < 4.78 is 19.9. The van der Waals surface area contributed by atoms with Gasteiger partial charge in [0.2, 0.25) is 0 Å². The summed E-state index contributed by atoms with van der Waals surface area (Å²) >= 11 is 0. The summed E-state index contributed by atoms with van der Waals surface area (Å²) in [4.78, 5) is 20.3. The summed E-state index contributed by atoms with van der Waals surface area (Å²) in [6.07, 6.45) is 3.85. The Bertz CT molecular complexity index is 1090. The van der Waals surface area contributed by atoms with Crippen molar-refractivity contribution in [3.8, 4) is 0 Å². The van der Waals surface area contributed by atoms with Gasteiger partial charge in [-0.3, -0.25) is 4.84 Å². The van der Waals surface area contributed by atoms with E-state index in [0.29, 0.717) is 22.8 Å². The summed E-state index contributed by atoms with van der Waals surface area (Å²) in [7, 11) is 0. The molecule has 5 rings (SSSR count). The van der Waals surface area contributed by atoms with Crippen molar-refractivity contribution in [3.05, 3.63) is 76.5 Å². The lowest BCUT2D eigenvalue weighted by Crippen LogP contribution is -2.38. The van der Waals surface area contributed by atoms with Gasteiger partial charge in [0.25, 0.3) is 0 Å². The molecule has 1 fully saturated rings. The zero-order chi connectivity index (χ0) is 19.8. The zero-order valence-corrected chi connectivity index (χ0v) is 15.9. The molecule has 0 spiro atoms. The first-order chi connectivity index (χ1) is 14.2. The number of rotatable bonds is 4. The van der Waals surface area contributed by atoms with E-state index >= 15 is 0 Å². The normalized spacial score (nSPS) is 20.7. The molecular weight excluding hydrogens is 373 g/mol. The lowest BCUT2D eigenvalue weighted by Gasteiger charge is -2.33. The van der Waals surface area contributed by atoms with Gasteiger partial charge in [0.05, 0.1) is 5.52 Å². The number of hydrogen-bond acceptors (Lipinski definition) is 5. The third-order valence-corrected chi connectivity index (χ3v) is 5.75. The van der Waals surface area contributed by atoms with Crippen LogP contribution < -0.4 is 11.2 Å². The van der Waals surface area contributed by atoms with Crippen LogP contribution in [0.25, 0.3) is 16.9 Å². The average Bonchev–Trinajstić information content (AvgIpc) is 3.32. The van der Waals surface area contributed by atoms with Crippen LogP contribution in [0.1, 0.15) is 24.3 Å². The van der Waals surface area contributed by atoms with E-state index in [-0.39, 0.29) is 11.9 Å². The summed E-state index contributed by atoms with van der Waals surface area (Å²) in [6.45, 7) is 2.66. The van der Waals surface area contributed by atoms with Crippen molar-refractivity contribution in [3.63, 3.8) is 0 Å². The van der Waals surface area contributed by atoms with Crippen LogP contribution in [-0.4, -0.2) is 35.2 Å². The number of para-hydroxylation sites is 2. The van der Waals surface area contributed by atoms with E-state index in [9.17, 15) is 9.18 Å². The molecule has 0 amide bonds. The summed E-state index contributed by atoms with van der Waals surface area (Å²) in [5.41, 5.74) is 5.34. The third kappa shape index (κ3) is 3.59. The fourth-order valence-corrected chi connectivity index (χ4v) is 4.22. The Kier molecular flexibility index (Phi) is 4.69. The first-order valence-corrected chi connectivity index (χ1v) is 9.89. The number of halogens is 1. The quantitative estimate of drug-likeness (QED) is 0.735. The Morgan fingerprint density at radius 3 is 2.62 bits per heavy atom. The topological polar surface area (TPSA) is 59.6 Å². The van der Waals surface area contributed by atoms with E-state index in [4.69, 9.17) is 9.25 Å². The maximum Gasteiger partial charge on any atom is 0.425 e. The maximum absolute atomic E-state index is 13.1. The van der Waals surface area contributed by atoms with E-state index in [2.05, 4.69) is 10.4 Å². The van der Waals surface area contributed by atoms with Crippen molar-refractivity contribution in [2.75, 3.05) is 19.6 Å². The molecule has 6 nitrogen and oxygen atoms in total. The molecule has 1 unspecified atom stereocenters. The lowest BCUT2D eigenvalue weighted by molar-refractivity contribution is 0.0220. The van der Waals surface area contributed by atoms with Crippen LogP contribution in [0, 0.1) is 5.82 Å². The van der Waals surface area contributed by atoms with Crippen molar-refractivity contribution < 1.29 is 13.6 Å². The van der Waals surface area contributed by atoms with Crippen molar-refractivity contribution >= 4 is 16.9 Å². The van der Waals surface area contributed by atoms with Crippen molar-refractivity contribution in [1.82, 2.24) is 14.9 Å². The Labute approximate surface area is 167 Å². The Hall–Kier alpha value is -2.90. The molecule has 1 atom stereocenters. The van der Waals surface area contributed by atoms with Gasteiger partial charge in [-0.1, -0.05) is 24.3 Å². The van der Waals surface area contributed by atoms with Gasteiger partial charge in [0.15, 0.2) is 5.58 Å². The molecular formula is C22H22FN3O3. The molecule has 1 aromatic heterocycles. The first-order valence-electron chi connectivity index (χ1n) is 9.89. The second kappa shape index (κ2) is 7.50. The number of nitrogens with one attached hydrogen (secondary N) is 1. The van der Waals surface area contributed by atoms with Crippen LogP contribution in [0.5, 0.6) is 0 Å². The highest BCUT2D eigenvalue weighted by atomic mass is 19.1. The molecule has 7 heteroatoms. The second-order valence-corrected chi connectivity index (χ2v) is 7.61. The number of benzene rings is 2. The van der Waals surface area contributed by atoms with Crippen LogP contribution in [0.15, 0.2) is 63.8 Å². The van der Waals surface area contributed by atoms with Gasteiger partial charge in [0.1, 0.15) is 17.7 Å². The Balaban J connectivity index is 1.23. The minimum Gasteiger partial charge on any atom is -0.407 e. The van der Waals surface area contributed by atoms with Crippen LogP contribution in [-0.2, 0) is 4.84 Å². The molecule has 3 heterocycles. The number of nitrogens with zero attached hydrogens (tertiary/aromatic N) is 2. The van der Waals surface area contributed by atoms with Crippen molar-refractivity contribution in [1.29, 1.82) is 0 Å². The van der Waals surface area contributed by atoms with Crippen LogP contribution >= 0.6 is 0 Å². The van der Waals surface area contributed by atoms with Gasteiger partial charge in [0, 0.05) is 6.54 Å². The average molecular weight is 395 g/mol. The second-order valence-electron chi connectivity index (χ2n) is 7.61. The summed E-state index contributed by atoms with van der Waals surface area (Å²) in [5.74, 6) is 0.432. The van der Waals surface area contributed by atoms with E-state index in [1.54, 1.807) is 6.07 Å². The van der Waals surface area contributed by atoms with Crippen LogP contribution in [0.4, 0.5) is 4.39 Å². The molecule has 0 saturated carbocycles. The monoisotopic (exact) mass is 395 g/mol. The van der Waals surface area contributed by atoms with Gasteiger partial charge >= 0.3 is 5.76 Å².